The molecule has 0 bridgehead atoms. The fourth-order valence-electron chi connectivity index (χ4n) is 3.50. The Morgan fingerprint density at radius 1 is 0.970 bits per heavy atom. The Kier molecular flexibility index (Phi) is 7.02. The zero-order chi connectivity index (χ0) is 23.4. The molecule has 4 rings (SSSR count). The van der Waals surface area contributed by atoms with E-state index in [0.717, 1.165) is 22.5 Å². The number of ether oxygens (including phenoxy) is 2. The summed E-state index contributed by atoms with van der Waals surface area (Å²) < 4.78 is 13.3. The highest BCUT2D eigenvalue weighted by Gasteiger charge is 2.17. The molecule has 0 N–H and O–H groups in total. The van der Waals surface area contributed by atoms with Crippen LogP contribution in [0, 0.1) is 6.92 Å². The molecule has 2 aromatic heterocycles. The zero-order valence-electron chi connectivity index (χ0n) is 18.2. The van der Waals surface area contributed by atoms with E-state index < -0.39 is 0 Å². The van der Waals surface area contributed by atoms with Crippen LogP contribution in [-0.4, -0.2) is 22.1 Å². The lowest BCUT2D eigenvalue weighted by Crippen LogP contribution is -2.08. The highest BCUT2D eigenvalue weighted by atomic mass is 35.5. The fourth-order valence-corrected chi connectivity index (χ4v) is 3.79. The summed E-state index contributed by atoms with van der Waals surface area (Å²) in [6.45, 7) is 4.43. The van der Waals surface area contributed by atoms with E-state index in [1.807, 2.05) is 60.0 Å². The molecule has 168 valence electrons. The number of rotatable bonds is 7. The molecule has 0 amide bonds. The van der Waals surface area contributed by atoms with Gasteiger partial charge in [0.2, 0.25) is 0 Å². The SMILES string of the molecule is CCOC(=O)c1ccnc(-n2c(C)ccc2-c2ccc(Cl)cc2OCc2ccc(Cl)cc2)c1. The average molecular weight is 481 g/mol. The van der Waals surface area contributed by atoms with E-state index in [1.165, 1.54) is 0 Å². The molecule has 7 heteroatoms. The third kappa shape index (κ3) is 5.21. The maximum absolute atomic E-state index is 12.2. The molecule has 0 spiro atoms. The van der Waals surface area contributed by atoms with Crippen LogP contribution < -0.4 is 4.74 Å². The van der Waals surface area contributed by atoms with E-state index >= 15 is 0 Å². The smallest absolute Gasteiger partial charge is 0.338 e. The van der Waals surface area contributed by atoms with Crippen LogP contribution in [-0.2, 0) is 11.3 Å². The highest BCUT2D eigenvalue weighted by molar-refractivity contribution is 6.31. The Morgan fingerprint density at radius 2 is 1.73 bits per heavy atom. The van der Waals surface area contributed by atoms with Crippen molar-refractivity contribution in [2.24, 2.45) is 0 Å². The lowest BCUT2D eigenvalue weighted by atomic mass is 10.1. The zero-order valence-corrected chi connectivity index (χ0v) is 19.7. The molecule has 0 atom stereocenters. The summed E-state index contributed by atoms with van der Waals surface area (Å²) in [6.07, 6.45) is 1.60. The van der Waals surface area contributed by atoms with Gasteiger partial charge in [0.1, 0.15) is 18.2 Å². The molecule has 33 heavy (non-hydrogen) atoms. The summed E-state index contributed by atoms with van der Waals surface area (Å²) in [6, 6.07) is 20.4. The Balaban J connectivity index is 1.72. The van der Waals surface area contributed by atoms with Gasteiger partial charge >= 0.3 is 5.97 Å². The Morgan fingerprint density at radius 3 is 2.48 bits per heavy atom. The third-order valence-corrected chi connectivity index (χ3v) is 5.58. The monoisotopic (exact) mass is 480 g/mol. The van der Waals surface area contributed by atoms with Crippen LogP contribution in [0.5, 0.6) is 5.75 Å². The van der Waals surface area contributed by atoms with Gasteiger partial charge in [0.05, 0.1) is 17.9 Å². The van der Waals surface area contributed by atoms with Crippen LogP contribution in [0.25, 0.3) is 17.1 Å². The number of benzene rings is 2. The molecule has 0 aliphatic rings. The normalized spacial score (nSPS) is 10.8. The third-order valence-electron chi connectivity index (χ3n) is 5.09. The van der Waals surface area contributed by atoms with Gasteiger partial charge in [-0.3, -0.25) is 4.57 Å². The quantitative estimate of drug-likeness (QED) is 0.269. The number of hydrogen-bond acceptors (Lipinski definition) is 4. The number of halogens is 2. The second-order valence-corrected chi connectivity index (χ2v) is 8.25. The summed E-state index contributed by atoms with van der Waals surface area (Å²) in [5, 5.41) is 1.25. The molecular weight excluding hydrogens is 459 g/mol. The number of carbonyl (C=O) groups is 1. The van der Waals surface area contributed by atoms with E-state index in [4.69, 9.17) is 32.7 Å². The first-order valence-corrected chi connectivity index (χ1v) is 11.2. The van der Waals surface area contributed by atoms with E-state index in [-0.39, 0.29) is 5.97 Å². The van der Waals surface area contributed by atoms with E-state index in [9.17, 15) is 4.79 Å². The standard InChI is InChI=1S/C26H22Cl2N2O3/c1-3-32-26(31)19-12-13-29-25(14-19)30-17(2)4-11-23(30)22-10-9-21(28)15-24(22)33-16-18-5-7-20(27)8-6-18/h4-15H,3,16H2,1-2H3. The van der Waals surface area contributed by atoms with E-state index in [2.05, 4.69) is 4.98 Å². The first kappa shape index (κ1) is 22.9. The number of pyridine rings is 1. The molecule has 2 aromatic carbocycles. The average Bonchev–Trinajstić information content (AvgIpc) is 3.20. The van der Waals surface area contributed by atoms with Crippen LogP contribution >= 0.6 is 23.2 Å². The summed E-state index contributed by atoms with van der Waals surface area (Å²) in [4.78, 5) is 16.7. The highest BCUT2D eigenvalue weighted by Crippen LogP contribution is 2.35. The number of aryl methyl sites for hydroxylation is 1. The molecule has 0 unspecified atom stereocenters. The maximum Gasteiger partial charge on any atom is 0.338 e. The lowest BCUT2D eigenvalue weighted by molar-refractivity contribution is 0.0526. The van der Waals surface area contributed by atoms with Crippen molar-refractivity contribution >= 4 is 29.2 Å². The fraction of sp³-hybridized carbons (Fsp3) is 0.154. The van der Waals surface area contributed by atoms with Gasteiger partial charge in [-0.05, 0) is 74.0 Å². The number of carbonyl (C=O) groups excluding carboxylic acids is 1. The van der Waals surface area contributed by atoms with Crippen molar-refractivity contribution in [2.75, 3.05) is 6.61 Å². The van der Waals surface area contributed by atoms with Crippen molar-refractivity contribution in [3.05, 3.63) is 99.8 Å². The molecule has 0 radical (unpaired) electrons. The van der Waals surface area contributed by atoms with Crippen LogP contribution in [0.3, 0.4) is 0 Å². The van der Waals surface area contributed by atoms with Gasteiger partial charge in [-0.25, -0.2) is 9.78 Å². The molecule has 0 fully saturated rings. The maximum atomic E-state index is 12.2. The number of aromatic nitrogens is 2. The predicted molar refractivity (Wildman–Crippen MR) is 130 cm³/mol. The number of esters is 1. The lowest BCUT2D eigenvalue weighted by Gasteiger charge is -2.16. The molecule has 0 aliphatic carbocycles. The van der Waals surface area contributed by atoms with Crippen LogP contribution in [0.4, 0.5) is 0 Å². The van der Waals surface area contributed by atoms with Crippen molar-refractivity contribution < 1.29 is 14.3 Å². The summed E-state index contributed by atoms with van der Waals surface area (Å²) in [7, 11) is 0. The van der Waals surface area contributed by atoms with Crippen LogP contribution in [0.1, 0.15) is 28.5 Å². The summed E-state index contributed by atoms with van der Waals surface area (Å²) >= 11 is 12.3. The number of hydrogen-bond donors (Lipinski definition) is 0. The first-order valence-electron chi connectivity index (χ1n) is 10.5. The van der Waals surface area contributed by atoms with Crippen molar-refractivity contribution in [3.63, 3.8) is 0 Å². The predicted octanol–water partition coefficient (Wildman–Crippen LogP) is 6.91. The minimum Gasteiger partial charge on any atom is -0.488 e. The molecule has 4 aromatic rings. The summed E-state index contributed by atoms with van der Waals surface area (Å²) in [5.74, 6) is 0.862. The van der Waals surface area contributed by atoms with Gasteiger partial charge in [-0.15, -0.1) is 0 Å². The second-order valence-electron chi connectivity index (χ2n) is 7.37. The van der Waals surface area contributed by atoms with Crippen LogP contribution in [0.15, 0.2) is 72.9 Å². The van der Waals surface area contributed by atoms with Gasteiger partial charge in [-0.2, -0.15) is 0 Å². The number of nitrogens with zero attached hydrogens (tertiary/aromatic N) is 2. The van der Waals surface area contributed by atoms with Crippen molar-refractivity contribution in [2.45, 2.75) is 20.5 Å². The minimum absolute atomic E-state index is 0.309. The molecule has 0 saturated heterocycles. The molecule has 2 heterocycles. The van der Waals surface area contributed by atoms with Crippen LogP contribution in [0.2, 0.25) is 10.0 Å². The minimum atomic E-state index is -0.383. The van der Waals surface area contributed by atoms with Gasteiger partial charge in [-0.1, -0.05) is 35.3 Å². The second kappa shape index (κ2) is 10.1. The Bertz CT molecular complexity index is 1280. The largest absolute Gasteiger partial charge is 0.488 e. The van der Waals surface area contributed by atoms with E-state index in [1.54, 1.807) is 31.3 Å². The van der Waals surface area contributed by atoms with Gasteiger partial charge < -0.3 is 9.47 Å². The first-order chi connectivity index (χ1) is 16.0. The topological polar surface area (TPSA) is 53.3 Å². The Labute approximate surface area is 202 Å². The van der Waals surface area contributed by atoms with Crippen molar-refractivity contribution in [1.82, 2.24) is 9.55 Å². The Hall–Kier alpha value is -3.28. The van der Waals surface area contributed by atoms with Gasteiger partial charge in [0.15, 0.2) is 0 Å². The molecular formula is C26H22Cl2N2O3. The molecule has 0 aliphatic heterocycles. The van der Waals surface area contributed by atoms with Gasteiger partial charge in [0, 0.05) is 27.5 Å². The summed E-state index contributed by atoms with van der Waals surface area (Å²) in [5.41, 5.74) is 4.10. The molecule has 5 nitrogen and oxygen atoms in total. The van der Waals surface area contributed by atoms with Crippen molar-refractivity contribution in [3.8, 4) is 22.8 Å². The van der Waals surface area contributed by atoms with Crippen molar-refractivity contribution in [1.29, 1.82) is 0 Å². The molecule has 0 saturated carbocycles. The van der Waals surface area contributed by atoms with Gasteiger partial charge in [0.25, 0.3) is 0 Å². The van der Waals surface area contributed by atoms with E-state index in [0.29, 0.717) is 40.4 Å².